The van der Waals surface area contributed by atoms with E-state index in [-0.39, 0.29) is 5.82 Å². The zero-order valence-corrected chi connectivity index (χ0v) is 16.5. The fraction of sp³-hybridized carbons (Fsp3) is 0.190. The Morgan fingerprint density at radius 3 is 2.93 bits per heavy atom. The second-order valence-corrected chi connectivity index (χ2v) is 6.58. The fourth-order valence-electron chi connectivity index (χ4n) is 2.88. The quantitative estimate of drug-likeness (QED) is 0.542. The lowest BCUT2D eigenvalue weighted by Gasteiger charge is -2.10. The van der Waals surface area contributed by atoms with Crippen LogP contribution in [0, 0.1) is 12.7 Å². The van der Waals surface area contributed by atoms with Crippen molar-refractivity contribution < 1.29 is 4.39 Å². The van der Waals surface area contributed by atoms with E-state index >= 15 is 0 Å². The monoisotopic (exact) mass is 397 g/mol. The summed E-state index contributed by atoms with van der Waals surface area (Å²) in [5.74, 6) is 0.653. The SMILES string of the molecule is C=C/C=C(\C=C/C)CCNc1ncc(Cl)c(-n2cnc3c(C)c(F)ccc32)n1. The number of fused-ring (bicyclic) bond motifs is 1. The molecule has 0 saturated carbocycles. The molecule has 28 heavy (non-hydrogen) atoms. The molecule has 144 valence electrons. The van der Waals surface area contributed by atoms with Gasteiger partial charge in [0, 0.05) is 12.1 Å². The van der Waals surface area contributed by atoms with Crippen molar-refractivity contribution in [3.63, 3.8) is 0 Å². The van der Waals surface area contributed by atoms with Crippen LogP contribution < -0.4 is 5.32 Å². The van der Waals surface area contributed by atoms with Gasteiger partial charge in [0.25, 0.3) is 0 Å². The molecule has 7 heteroatoms. The first-order valence-electron chi connectivity index (χ1n) is 8.88. The molecule has 1 aromatic carbocycles. The van der Waals surface area contributed by atoms with Gasteiger partial charge in [-0.3, -0.25) is 4.57 Å². The fourth-order valence-corrected chi connectivity index (χ4v) is 3.07. The summed E-state index contributed by atoms with van der Waals surface area (Å²) in [6.45, 7) is 8.06. The van der Waals surface area contributed by atoms with E-state index in [1.54, 1.807) is 36.2 Å². The Morgan fingerprint density at radius 1 is 1.36 bits per heavy atom. The number of aromatic nitrogens is 4. The molecule has 5 nitrogen and oxygen atoms in total. The zero-order chi connectivity index (χ0) is 20.1. The summed E-state index contributed by atoms with van der Waals surface area (Å²) in [4.78, 5) is 13.1. The first-order chi connectivity index (χ1) is 13.5. The predicted octanol–water partition coefficient (Wildman–Crippen LogP) is 5.41. The van der Waals surface area contributed by atoms with E-state index in [1.807, 2.05) is 25.2 Å². The van der Waals surface area contributed by atoms with Gasteiger partial charge in [0.1, 0.15) is 17.2 Å². The van der Waals surface area contributed by atoms with Gasteiger partial charge in [-0.25, -0.2) is 14.4 Å². The normalized spacial score (nSPS) is 12.1. The molecule has 3 aromatic rings. The van der Waals surface area contributed by atoms with E-state index in [4.69, 9.17) is 11.6 Å². The lowest BCUT2D eigenvalue weighted by atomic mass is 10.1. The highest BCUT2D eigenvalue weighted by Crippen LogP contribution is 2.26. The van der Waals surface area contributed by atoms with Crippen LogP contribution in [0.25, 0.3) is 16.9 Å². The molecule has 0 spiro atoms. The number of nitrogens with one attached hydrogen (secondary N) is 1. The van der Waals surface area contributed by atoms with Gasteiger partial charge in [0.05, 0.1) is 17.2 Å². The van der Waals surface area contributed by atoms with Gasteiger partial charge >= 0.3 is 0 Å². The minimum atomic E-state index is -0.293. The highest BCUT2D eigenvalue weighted by molar-refractivity contribution is 6.32. The van der Waals surface area contributed by atoms with Gasteiger partial charge in [-0.2, -0.15) is 4.98 Å². The van der Waals surface area contributed by atoms with Gasteiger partial charge in [0.2, 0.25) is 5.95 Å². The van der Waals surface area contributed by atoms with Crippen LogP contribution in [0.15, 0.2) is 61.1 Å². The zero-order valence-electron chi connectivity index (χ0n) is 15.8. The maximum absolute atomic E-state index is 13.8. The van der Waals surface area contributed by atoms with Crippen LogP contribution >= 0.6 is 11.6 Å². The van der Waals surface area contributed by atoms with Gasteiger partial charge < -0.3 is 5.32 Å². The highest BCUT2D eigenvalue weighted by Gasteiger charge is 2.14. The summed E-state index contributed by atoms with van der Waals surface area (Å²) in [5, 5.41) is 3.59. The molecule has 0 aliphatic rings. The Kier molecular flexibility index (Phi) is 6.21. The molecule has 1 N–H and O–H groups in total. The van der Waals surface area contributed by atoms with Crippen LogP contribution in [0.1, 0.15) is 18.9 Å². The Hall–Kier alpha value is -2.99. The molecule has 0 bridgehead atoms. The Morgan fingerprint density at radius 2 is 2.18 bits per heavy atom. The Bertz CT molecular complexity index is 1070. The summed E-state index contributed by atoms with van der Waals surface area (Å²) < 4.78 is 15.5. The summed E-state index contributed by atoms with van der Waals surface area (Å²) in [7, 11) is 0. The Labute approximate surface area is 168 Å². The predicted molar refractivity (Wildman–Crippen MR) is 113 cm³/mol. The molecule has 0 aliphatic heterocycles. The number of aryl methyl sites for hydroxylation is 1. The number of benzene rings is 1. The van der Waals surface area contributed by atoms with Crippen LogP contribution in [0.4, 0.5) is 10.3 Å². The molecular formula is C21H21ClFN5. The van der Waals surface area contributed by atoms with Gasteiger partial charge in [0.15, 0.2) is 5.82 Å². The lowest BCUT2D eigenvalue weighted by molar-refractivity contribution is 0.620. The van der Waals surface area contributed by atoms with Crippen LogP contribution in [0.2, 0.25) is 5.02 Å². The van der Waals surface area contributed by atoms with E-state index in [2.05, 4.69) is 26.8 Å². The molecule has 0 radical (unpaired) electrons. The van der Waals surface area contributed by atoms with Crippen LogP contribution in [0.3, 0.4) is 0 Å². The highest BCUT2D eigenvalue weighted by atomic mass is 35.5. The first kappa shape index (κ1) is 19.8. The molecule has 0 fully saturated rings. The molecule has 0 amide bonds. The van der Waals surface area contributed by atoms with E-state index < -0.39 is 0 Å². The molecular weight excluding hydrogens is 377 g/mol. The van der Waals surface area contributed by atoms with Gasteiger partial charge in [-0.05, 0) is 38.0 Å². The smallest absolute Gasteiger partial charge is 0.224 e. The van der Waals surface area contributed by atoms with Crippen molar-refractivity contribution in [2.45, 2.75) is 20.3 Å². The maximum atomic E-state index is 13.8. The van der Waals surface area contributed by atoms with E-state index in [0.717, 1.165) is 17.5 Å². The first-order valence-corrected chi connectivity index (χ1v) is 9.26. The number of hydrogen-bond donors (Lipinski definition) is 1. The third kappa shape index (κ3) is 4.12. The van der Waals surface area contributed by atoms with Crippen molar-refractivity contribution in [1.29, 1.82) is 0 Å². The molecule has 0 aliphatic carbocycles. The minimum Gasteiger partial charge on any atom is -0.354 e. The largest absolute Gasteiger partial charge is 0.354 e. The molecule has 0 unspecified atom stereocenters. The number of nitrogens with zero attached hydrogens (tertiary/aromatic N) is 4. The second-order valence-electron chi connectivity index (χ2n) is 6.17. The average molecular weight is 398 g/mol. The van der Waals surface area contributed by atoms with Crippen molar-refractivity contribution in [2.75, 3.05) is 11.9 Å². The molecule has 0 saturated heterocycles. The number of allylic oxidation sites excluding steroid dienone is 4. The standard InChI is InChI=1S/C21H21ClFN5/c1-4-6-15(7-5-2)10-11-24-21-25-12-16(22)20(27-21)28-13-26-19-14(3)17(23)8-9-18(19)28/h4-9,12-13H,1,10-11H2,2-3H3,(H,24,25,27)/b7-5-,15-6+. The summed E-state index contributed by atoms with van der Waals surface area (Å²) in [6.07, 6.45) is 11.7. The number of rotatable bonds is 7. The van der Waals surface area contributed by atoms with E-state index in [9.17, 15) is 4.39 Å². The van der Waals surface area contributed by atoms with Crippen molar-refractivity contribution >= 4 is 28.6 Å². The summed E-state index contributed by atoms with van der Waals surface area (Å²) in [6, 6.07) is 3.08. The van der Waals surface area contributed by atoms with Crippen molar-refractivity contribution in [2.24, 2.45) is 0 Å². The van der Waals surface area contributed by atoms with Crippen LogP contribution in [-0.2, 0) is 0 Å². The average Bonchev–Trinajstić information content (AvgIpc) is 3.11. The molecule has 3 rings (SSSR count). The van der Waals surface area contributed by atoms with Crippen molar-refractivity contribution in [3.05, 3.63) is 77.5 Å². The lowest BCUT2D eigenvalue weighted by Crippen LogP contribution is -2.08. The second kappa shape index (κ2) is 8.80. The minimum absolute atomic E-state index is 0.293. The van der Waals surface area contributed by atoms with Gasteiger partial charge in [-0.15, -0.1) is 0 Å². The number of anilines is 1. The van der Waals surface area contributed by atoms with Gasteiger partial charge in [-0.1, -0.05) is 42.5 Å². The number of halogens is 2. The van der Waals surface area contributed by atoms with E-state index in [0.29, 0.717) is 34.4 Å². The molecule has 2 aromatic heterocycles. The molecule has 0 atom stereocenters. The van der Waals surface area contributed by atoms with Crippen LogP contribution in [0.5, 0.6) is 0 Å². The van der Waals surface area contributed by atoms with Crippen molar-refractivity contribution in [1.82, 2.24) is 19.5 Å². The van der Waals surface area contributed by atoms with Crippen molar-refractivity contribution in [3.8, 4) is 5.82 Å². The molecule has 2 heterocycles. The Balaban J connectivity index is 1.86. The number of imidazole rings is 1. The third-order valence-corrected chi connectivity index (χ3v) is 4.54. The van der Waals surface area contributed by atoms with E-state index in [1.165, 1.54) is 6.07 Å². The summed E-state index contributed by atoms with van der Waals surface area (Å²) >= 11 is 6.32. The maximum Gasteiger partial charge on any atom is 0.224 e. The number of hydrogen-bond acceptors (Lipinski definition) is 4. The topological polar surface area (TPSA) is 55.6 Å². The van der Waals surface area contributed by atoms with Crippen LogP contribution in [-0.4, -0.2) is 26.1 Å². The third-order valence-electron chi connectivity index (χ3n) is 4.27. The summed E-state index contributed by atoms with van der Waals surface area (Å²) in [5.41, 5.74) is 2.95.